The van der Waals surface area contributed by atoms with E-state index in [1.165, 1.54) is 12.1 Å². The van der Waals surface area contributed by atoms with Crippen molar-refractivity contribution >= 4 is 0 Å². The minimum absolute atomic E-state index is 0.235. The van der Waals surface area contributed by atoms with E-state index >= 15 is 0 Å². The molecule has 0 bridgehead atoms. The van der Waals surface area contributed by atoms with Crippen LogP contribution in [0, 0.1) is 68.0 Å². The molecule has 0 saturated heterocycles. The van der Waals surface area contributed by atoms with Crippen LogP contribution in [-0.2, 0) is 0 Å². The van der Waals surface area contributed by atoms with Gasteiger partial charge < -0.3 is 28.4 Å². The Bertz CT molecular complexity index is 3850. The second-order valence-electron chi connectivity index (χ2n) is 17.1. The predicted octanol–water partition coefficient (Wildman–Crippen LogP) is 16.7. The summed E-state index contributed by atoms with van der Waals surface area (Å²) in [6, 6.07) is 77.2. The van der Waals surface area contributed by atoms with Crippen molar-refractivity contribution in [3.8, 4) is 139 Å². The Hall–Kier alpha value is -12.1. The van der Waals surface area contributed by atoms with E-state index in [9.17, 15) is 31.6 Å². The molecule has 0 unspecified atom stereocenters. The van der Waals surface area contributed by atoms with E-state index in [4.69, 9.17) is 28.4 Å². The van der Waals surface area contributed by atoms with Gasteiger partial charge in [-0.15, -0.1) is 0 Å². The third-order valence-electron chi connectivity index (χ3n) is 12.2. The van der Waals surface area contributed by atoms with Crippen LogP contribution >= 0.6 is 0 Å². The molecule has 0 aromatic heterocycles. The number of ether oxygens (including phenoxy) is 6. The Morgan fingerprint density at radius 1 is 0.205 bits per heavy atom. The smallest absolute Gasteiger partial charge is 0.149 e. The van der Waals surface area contributed by atoms with Crippen molar-refractivity contribution in [1.82, 2.24) is 0 Å². The number of nitrogens with zero attached hydrogens (tertiary/aromatic N) is 6. The molecule has 0 heterocycles. The van der Waals surface area contributed by atoms with Crippen LogP contribution in [0.3, 0.4) is 0 Å². The lowest BCUT2D eigenvalue weighted by Crippen LogP contribution is -1.93. The first kappa shape index (κ1) is 49.5. The van der Waals surface area contributed by atoms with E-state index < -0.39 is 0 Å². The van der Waals surface area contributed by atoms with Crippen LogP contribution in [0.15, 0.2) is 218 Å². The topological polar surface area (TPSA) is 198 Å². The van der Waals surface area contributed by atoms with E-state index in [1.807, 2.05) is 170 Å². The van der Waals surface area contributed by atoms with Crippen molar-refractivity contribution in [2.45, 2.75) is 0 Å². The minimum atomic E-state index is 0.235. The lowest BCUT2D eigenvalue weighted by Gasteiger charge is -2.13. The summed E-state index contributed by atoms with van der Waals surface area (Å²) in [7, 11) is 0. The first-order chi connectivity index (χ1) is 38.3. The molecule has 10 aromatic carbocycles. The maximum atomic E-state index is 10.2. The summed E-state index contributed by atoms with van der Waals surface area (Å²) in [4.78, 5) is 0. The molecule has 0 aliphatic heterocycles. The Morgan fingerprint density at radius 3 is 0.641 bits per heavy atom. The van der Waals surface area contributed by atoms with E-state index in [-0.39, 0.29) is 33.4 Å². The molecule has 12 nitrogen and oxygen atoms in total. The van der Waals surface area contributed by atoms with Gasteiger partial charge in [-0.3, -0.25) is 0 Å². The van der Waals surface area contributed by atoms with Crippen LogP contribution < -0.4 is 28.4 Å². The third-order valence-corrected chi connectivity index (χ3v) is 12.2. The Morgan fingerprint density at radius 2 is 0.423 bits per heavy atom. The second-order valence-corrected chi connectivity index (χ2v) is 17.1. The van der Waals surface area contributed by atoms with Gasteiger partial charge in [0.15, 0.2) is 0 Å². The van der Waals surface area contributed by atoms with Crippen molar-refractivity contribution in [2.24, 2.45) is 0 Å². The average molecular weight is 1010 g/mol. The Labute approximate surface area is 448 Å². The predicted molar refractivity (Wildman–Crippen MR) is 290 cm³/mol. The molecule has 0 aliphatic rings. The third kappa shape index (κ3) is 11.3. The maximum absolute atomic E-state index is 10.2. The molecule has 10 rings (SSSR count). The van der Waals surface area contributed by atoms with Crippen LogP contribution in [0.2, 0.25) is 0 Å². The summed E-state index contributed by atoms with van der Waals surface area (Å²) in [5, 5.41) is 57.5. The zero-order valence-corrected chi connectivity index (χ0v) is 40.9. The molecule has 0 saturated carbocycles. The highest BCUT2D eigenvalue weighted by molar-refractivity contribution is 5.69. The van der Waals surface area contributed by atoms with Gasteiger partial charge in [0.2, 0.25) is 0 Å². The summed E-state index contributed by atoms with van der Waals surface area (Å²) in [6.45, 7) is 0. The average Bonchev–Trinajstić information content (AvgIpc) is 3.50. The van der Waals surface area contributed by atoms with E-state index in [1.54, 1.807) is 60.7 Å². The van der Waals surface area contributed by atoms with Gasteiger partial charge in [-0.1, -0.05) is 84.9 Å². The minimum Gasteiger partial charge on any atom is -0.457 e. The molecule has 0 radical (unpaired) electrons. The van der Waals surface area contributed by atoms with Gasteiger partial charge in [0.1, 0.15) is 117 Å². The first-order valence-corrected chi connectivity index (χ1v) is 23.9. The van der Waals surface area contributed by atoms with Crippen molar-refractivity contribution in [2.75, 3.05) is 0 Å². The molecule has 0 atom stereocenters. The van der Waals surface area contributed by atoms with Crippen LogP contribution in [0.5, 0.6) is 69.0 Å². The molecular weight excluding hydrogens is 973 g/mol. The Balaban J connectivity index is 0.734. The van der Waals surface area contributed by atoms with Gasteiger partial charge in [0, 0.05) is 0 Å². The van der Waals surface area contributed by atoms with Gasteiger partial charge in [0.25, 0.3) is 0 Å². The molecule has 78 heavy (non-hydrogen) atoms. The summed E-state index contributed by atoms with van der Waals surface area (Å²) in [5.74, 6) is 5.52. The maximum Gasteiger partial charge on any atom is 0.149 e. The van der Waals surface area contributed by atoms with Gasteiger partial charge in [-0.25, -0.2) is 0 Å². The van der Waals surface area contributed by atoms with Gasteiger partial charge in [0.05, 0.1) is 22.3 Å². The fraction of sp³-hybridized carbons (Fsp3) is 0. The van der Waals surface area contributed by atoms with Crippen LogP contribution in [0.4, 0.5) is 0 Å². The molecule has 366 valence electrons. The molecule has 0 amide bonds. The number of rotatable bonds is 15. The van der Waals surface area contributed by atoms with Crippen LogP contribution in [0.1, 0.15) is 33.4 Å². The summed E-state index contributed by atoms with van der Waals surface area (Å²) >= 11 is 0. The molecule has 0 fully saturated rings. The van der Waals surface area contributed by atoms with E-state index in [2.05, 4.69) is 12.1 Å². The van der Waals surface area contributed by atoms with Crippen LogP contribution in [-0.4, -0.2) is 0 Å². The molecule has 10 aromatic rings. The number of nitriles is 6. The fourth-order valence-electron chi connectivity index (χ4n) is 8.21. The lowest BCUT2D eigenvalue weighted by atomic mass is 10.1. The van der Waals surface area contributed by atoms with E-state index in [0.717, 1.165) is 33.4 Å². The van der Waals surface area contributed by atoms with Crippen molar-refractivity contribution < 1.29 is 28.4 Å². The molecule has 12 heteroatoms. The first-order valence-electron chi connectivity index (χ1n) is 23.9. The van der Waals surface area contributed by atoms with Crippen molar-refractivity contribution in [3.05, 3.63) is 252 Å². The standard InChI is InChI=1S/C66H36N6O6/c67-37-49-19-33-59(35-51(49)39-69)73-53-21-7-43(8-22-53)45-11-25-55(26-12-45)75-63-3-1-5-65(61(63)41-71)77-57-29-15-47(16-30-57)48-17-31-58(32-18-48)78-66-6-2-4-64(62(66)42-72)76-56-27-13-46(14-28-56)44-9-23-54(24-10-44)74-60-34-20-50(38-68)52(36-60)40-70/h1-36H. The van der Waals surface area contributed by atoms with E-state index in [0.29, 0.717) is 69.0 Å². The highest BCUT2D eigenvalue weighted by Crippen LogP contribution is 2.39. The number of benzene rings is 10. The quantitative estimate of drug-likeness (QED) is 0.0943. The molecule has 0 aliphatic carbocycles. The monoisotopic (exact) mass is 1010 g/mol. The Kier molecular flexibility index (Phi) is 14.5. The van der Waals surface area contributed by atoms with Crippen LogP contribution in [0.25, 0.3) is 33.4 Å². The molecule has 0 spiro atoms. The molecule has 0 N–H and O–H groups in total. The van der Waals surface area contributed by atoms with Crippen molar-refractivity contribution in [3.63, 3.8) is 0 Å². The SMILES string of the molecule is N#Cc1ccc(Oc2ccc(-c3ccc(Oc4cccc(Oc5ccc(-c6ccc(Oc7cccc(Oc8ccc(-c9ccc(Oc%10ccc(C#N)c(C#N)c%10)cc9)cc8)c7C#N)cc6)cc5)c4C#N)cc3)cc2)cc1C#N. The number of hydrogen-bond donors (Lipinski definition) is 0. The lowest BCUT2D eigenvalue weighted by molar-refractivity contribution is 0.457. The summed E-state index contributed by atoms with van der Waals surface area (Å²) < 4.78 is 36.6. The van der Waals surface area contributed by atoms with Gasteiger partial charge in [-0.05, 0) is 167 Å². The fourth-order valence-corrected chi connectivity index (χ4v) is 8.21. The highest BCUT2D eigenvalue weighted by atomic mass is 16.5. The highest BCUT2D eigenvalue weighted by Gasteiger charge is 2.16. The summed E-state index contributed by atoms with van der Waals surface area (Å²) in [5.41, 5.74) is 7.11. The van der Waals surface area contributed by atoms with Crippen molar-refractivity contribution in [1.29, 1.82) is 31.6 Å². The largest absolute Gasteiger partial charge is 0.457 e. The zero-order valence-electron chi connectivity index (χ0n) is 40.9. The summed E-state index contributed by atoms with van der Waals surface area (Å²) in [6.07, 6.45) is 0. The van der Waals surface area contributed by atoms with Gasteiger partial charge in [-0.2, -0.15) is 31.6 Å². The normalized spacial score (nSPS) is 10.2. The van der Waals surface area contributed by atoms with Gasteiger partial charge >= 0.3 is 0 Å². The molecular formula is C66H36N6O6. The number of hydrogen-bond acceptors (Lipinski definition) is 12. The zero-order chi connectivity index (χ0) is 53.8. The second kappa shape index (κ2) is 22.8.